The maximum absolute atomic E-state index is 13.3. The van der Waals surface area contributed by atoms with Gasteiger partial charge in [-0.1, -0.05) is 11.6 Å². The second kappa shape index (κ2) is 7.86. The first-order valence-corrected chi connectivity index (χ1v) is 9.50. The predicted octanol–water partition coefficient (Wildman–Crippen LogP) is 2.89. The quantitative estimate of drug-likeness (QED) is 0.906. The Labute approximate surface area is 160 Å². The van der Waals surface area contributed by atoms with Crippen LogP contribution in [-0.4, -0.2) is 59.0 Å². The normalized spacial score (nSPS) is 14.4. The highest BCUT2D eigenvalue weighted by Crippen LogP contribution is 2.23. The molecule has 3 amide bonds. The molecule has 1 aromatic carbocycles. The molecule has 0 saturated carbocycles. The Morgan fingerprint density at radius 3 is 2.11 bits per heavy atom. The van der Waals surface area contributed by atoms with Gasteiger partial charge in [0.05, 0.1) is 11.3 Å². The van der Waals surface area contributed by atoms with Gasteiger partial charge in [0.25, 0.3) is 5.91 Å². The minimum atomic E-state index is -0.0561. The van der Waals surface area contributed by atoms with Gasteiger partial charge in [-0.25, -0.2) is 4.79 Å². The molecule has 0 radical (unpaired) electrons. The average molecular weight is 368 g/mol. The predicted molar refractivity (Wildman–Crippen MR) is 107 cm³/mol. The smallest absolute Gasteiger partial charge is 0.317 e. The minimum Gasteiger partial charge on any atom is -0.338 e. The zero-order valence-corrected chi connectivity index (χ0v) is 16.6. The van der Waals surface area contributed by atoms with E-state index < -0.39 is 0 Å². The van der Waals surface area contributed by atoms with Crippen molar-refractivity contribution in [2.45, 2.75) is 27.7 Å². The highest BCUT2D eigenvalue weighted by atomic mass is 16.2. The van der Waals surface area contributed by atoms with E-state index in [4.69, 9.17) is 0 Å². The Balaban J connectivity index is 1.84. The lowest BCUT2D eigenvalue weighted by molar-refractivity contribution is 0.0665. The summed E-state index contributed by atoms with van der Waals surface area (Å²) in [7, 11) is 0. The van der Waals surface area contributed by atoms with Crippen molar-refractivity contribution >= 4 is 11.9 Å². The summed E-state index contributed by atoms with van der Waals surface area (Å²) >= 11 is 0. The van der Waals surface area contributed by atoms with Crippen LogP contribution in [0.4, 0.5) is 4.79 Å². The van der Waals surface area contributed by atoms with Gasteiger partial charge >= 0.3 is 6.03 Å². The maximum atomic E-state index is 13.3. The van der Waals surface area contributed by atoms with Crippen LogP contribution in [0.3, 0.4) is 0 Å². The van der Waals surface area contributed by atoms with E-state index in [2.05, 4.69) is 22.0 Å². The molecule has 1 aliphatic rings. The maximum Gasteiger partial charge on any atom is 0.317 e. The van der Waals surface area contributed by atoms with Crippen LogP contribution >= 0.6 is 0 Å². The lowest BCUT2D eigenvalue weighted by Crippen LogP contribution is -2.53. The third-order valence-electron chi connectivity index (χ3n) is 5.08. The molecule has 0 bridgehead atoms. The van der Waals surface area contributed by atoms with E-state index in [1.807, 2.05) is 50.8 Å². The first-order chi connectivity index (χ1) is 12.9. The Bertz CT molecular complexity index is 828. The number of hydrogen-bond donors (Lipinski definition) is 1. The van der Waals surface area contributed by atoms with Crippen LogP contribution in [0.25, 0.3) is 5.69 Å². The van der Waals surface area contributed by atoms with Crippen molar-refractivity contribution in [2.75, 3.05) is 32.7 Å². The first-order valence-electron chi connectivity index (χ1n) is 9.50. The van der Waals surface area contributed by atoms with E-state index in [1.165, 1.54) is 0 Å². The van der Waals surface area contributed by atoms with Crippen molar-refractivity contribution in [3.8, 4) is 5.69 Å². The topological polar surface area (TPSA) is 57.6 Å². The highest BCUT2D eigenvalue weighted by molar-refractivity contribution is 5.98. The molecule has 0 aliphatic carbocycles. The second-order valence-electron chi connectivity index (χ2n) is 7.09. The van der Waals surface area contributed by atoms with Crippen molar-refractivity contribution in [1.29, 1.82) is 0 Å². The molecule has 1 aromatic heterocycles. The number of urea groups is 1. The molecule has 1 saturated heterocycles. The molecule has 3 rings (SSSR count). The molecule has 0 atom stereocenters. The van der Waals surface area contributed by atoms with E-state index >= 15 is 0 Å². The fourth-order valence-electron chi connectivity index (χ4n) is 3.61. The largest absolute Gasteiger partial charge is 0.338 e. The van der Waals surface area contributed by atoms with E-state index in [-0.39, 0.29) is 11.9 Å². The summed E-state index contributed by atoms with van der Waals surface area (Å²) < 4.78 is 2.12. The SMILES string of the molecule is CCNC(=O)N1CCN(C(=O)c2cc(C)ccc2-n2c(C)ccc2C)CC1. The van der Waals surface area contributed by atoms with Gasteiger partial charge in [-0.05, 0) is 52.0 Å². The Kier molecular flexibility index (Phi) is 5.54. The molecule has 0 unspecified atom stereocenters. The number of rotatable bonds is 3. The van der Waals surface area contributed by atoms with Crippen LogP contribution < -0.4 is 5.32 Å². The minimum absolute atomic E-state index is 0.0248. The van der Waals surface area contributed by atoms with Gasteiger partial charge in [-0.2, -0.15) is 0 Å². The molecule has 27 heavy (non-hydrogen) atoms. The number of carbonyl (C=O) groups is 2. The zero-order valence-electron chi connectivity index (χ0n) is 16.6. The third kappa shape index (κ3) is 3.84. The molecular weight excluding hydrogens is 340 g/mol. The van der Waals surface area contributed by atoms with Gasteiger partial charge in [-0.3, -0.25) is 4.79 Å². The molecule has 6 heteroatoms. The number of piperazine rings is 1. The van der Waals surface area contributed by atoms with Crippen LogP contribution in [0.2, 0.25) is 0 Å². The molecular formula is C21H28N4O2. The summed E-state index contributed by atoms with van der Waals surface area (Å²) in [6.07, 6.45) is 0. The van der Waals surface area contributed by atoms with Crippen LogP contribution in [-0.2, 0) is 0 Å². The fourth-order valence-corrected chi connectivity index (χ4v) is 3.61. The Hall–Kier alpha value is -2.76. The summed E-state index contributed by atoms with van der Waals surface area (Å²) in [6, 6.07) is 10.1. The number of hydrogen-bond acceptors (Lipinski definition) is 2. The molecule has 2 heterocycles. The summed E-state index contributed by atoms with van der Waals surface area (Å²) in [5.41, 5.74) is 4.89. The van der Waals surface area contributed by atoms with Crippen LogP contribution in [0.5, 0.6) is 0 Å². The summed E-state index contributed by atoms with van der Waals surface area (Å²) in [6.45, 7) is 10.8. The number of benzene rings is 1. The number of nitrogens with one attached hydrogen (secondary N) is 1. The molecule has 1 fully saturated rings. The summed E-state index contributed by atoms with van der Waals surface area (Å²) in [4.78, 5) is 28.9. The third-order valence-corrected chi connectivity index (χ3v) is 5.08. The fraction of sp³-hybridized carbons (Fsp3) is 0.429. The van der Waals surface area contributed by atoms with Crippen molar-refractivity contribution < 1.29 is 9.59 Å². The first kappa shape index (κ1) is 19.0. The molecule has 1 N–H and O–H groups in total. The number of amides is 3. The number of aromatic nitrogens is 1. The highest BCUT2D eigenvalue weighted by Gasteiger charge is 2.26. The van der Waals surface area contributed by atoms with Crippen LogP contribution in [0.15, 0.2) is 30.3 Å². The van der Waals surface area contributed by atoms with E-state index in [1.54, 1.807) is 4.90 Å². The number of aryl methyl sites for hydroxylation is 3. The van der Waals surface area contributed by atoms with Crippen molar-refractivity contribution in [3.63, 3.8) is 0 Å². The van der Waals surface area contributed by atoms with Gasteiger partial charge in [0.15, 0.2) is 0 Å². The molecule has 2 aromatic rings. The number of nitrogens with zero attached hydrogens (tertiary/aromatic N) is 3. The van der Waals surface area contributed by atoms with Gasteiger partial charge in [0, 0.05) is 44.1 Å². The molecule has 1 aliphatic heterocycles. The van der Waals surface area contributed by atoms with Gasteiger partial charge in [0.1, 0.15) is 0 Å². The summed E-state index contributed by atoms with van der Waals surface area (Å²) in [5.74, 6) is 0.0248. The van der Waals surface area contributed by atoms with Crippen molar-refractivity contribution in [1.82, 2.24) is 19.7 Å². The Morgan fingerprint density at radius 2 is 1.52 bits per heavy atom. The van der Waals surface area contributed by atoms with Crippen molar-refractivity contribution in [3.05, 3.63) is 52.8 Å². The average Bonchev–Trinajstić information content (AvgIpc) is 3.00. The lowest BCUT2D eigenvalue weighted by atomic mass is 10.1. The van der Waals surface area contributed by atoms with Gasteiger partial charge in [0.2, 0.25) is 0 Å². The van der Waals surface area contributed by atoms with Gasteiger partial charge in [-0.15, -0.1) is 0 Å². The molecule has 6 nitrogen and oxygen atoms in total. The van der Waals surface area contributed by atoms with E-state index in [0.29, 0.717) is 38.3 Å². The van der Waals surface area contributed by atoms with E-state index in [9.17, 15) is 9.59 Å². The summed E-state index contributed by atoms with van der Waals surface area (Å²) in [5, 5.41) is 2.82. The zero-order chi connectivity index (χ0) is 19.6. The Morgan fingerprint density at radius 1 is 0.926 bits per heavy atom. The monoisotopic (exact) mass is 368 g/mol. The van der Waals surface area contributed by atoms with Crippen LogP contribution in [0.1, 0.15) is 34.2 Å². The van der Waals surface area contributed by atoms with Gasteiger partial charge < -0.3 is 19.7 Å². The lowest BCUT2D eigenvalue weighted by Gasteiger charge is -2.35. The standard InChI is InChI=1S/C21H28N4O2/c1-5-22-21(27)24-12-10-23(11-13-24)20(26)18-14-15(2)6-9-19(18)25-16(3)7-8-17(25)4/h6-9,14H,5,10-13H2,1-4H3,(H,22,27). The number of carbonyl (C=O) groups excluding carboxylic acids is 2. The van der Waals surface area contributed by atoms with Crippen molar-refractivity contribution in [2.24, 2.45) is 0 Å². The molecule has 144 valence electrons. The van der Waals surface area contributed by atoms with Crippen LogP contribution in [0, 0.1) is 20.8 Å². The molecule has 0 spiro atoms. The van der Waals surface area contributed by atoms with E-state index in [0.717, 1.165) is 22.6 Å². The second-order valence-corrected chi connectivity index (χ2v) is 7.09.